The molecule has 2 heterocycles. The molecule has 8 heteroatoms. The predicted molar refractivity (Wildman–Crippen MR) is 118 cm³/mol. The quantitative estimate of drug-likeness (QED) is 0.506. The molecule has 1 aliphatic heterocycles. The Hall–Kier alpha value is -3.16. The van der Waals surface area contributed by atoms with Gasteiger partial charge in [0.15, 0.2) is 0 Å². The van der Waals surface area contributed by atoms with Crippen molar-refractivity contribution in [1.82, 2.24) is 14.9 Å². The number of nitrogens with zero attached hydrogens (tertiary/aromatic N) is 4. The number of ether oxygens (including phenoxy) is 2. The number of oxime groups is 1. The molecule has 1 fully saturated rings. The number of amides is 1. The molecule has 3 rings (SSSR count). The molecule has 0 spiro atoms. The van der Waals surface area contributed by atoms with Crippen LogP contribution in [0, 0.1) is 13.8 Å². The van der Waals surface area contributed by atoms with Crippen LogP contribution in [0.1, 0.15) is 50.3 Å². The van der Waals surface area contributed by atoms with Crippen molar-refractivity contribution in [3.8, 4) is 11.8 Å². The zero-order valence-electron chi connectivity index (χ0n) is 18.8. The van der Waals surface area contributed by atoms with Gasteiger partial charge in [-0.1, -0.05) is 35.0 Å². The van der Waals surface area contributed by atoms with E-state index in [1.54, 1.807) is 4.90 Å². The molecule has 0 aliphatic carbocycles. The number of carbonyl (C=O) groups excluding carboxylic acids is 1. The molecule has 0 atom stereocenters. The van der Waals surface area contributed by atoms with E-state index in [-0.39, 0.29) is 18.3 Å². The number of aryl methyl sites for hydroxylation is 1. The van der Waals surface area contributed by atoms with Crippen LogP contribution in [0.5, 0.6) is 11.8 Å². The molecule has 1 aliphatic rings. The summed E-state index contributed by atoms with van der Waals surface area (Å²) in [5.74, 6) is 0.825. The van der Waals surface area contributed by atoms with E-state index in [1.807, 2.05) is 58.9 Å². The fourth-order valence-corrected chi connectivity index (χ4v) is 3.18. The molecule has 8 nitrogen and oxygen atoms in total. The van der Waals surface area contributed by atoms with Crippen molar-refractivity contribution in [1.29, 1.82) is 0 Å². The van der Waals surface area contributed by atoms with Gasteiger partial charge in [0, 0.05) is 25.9 Å². The van der Waals surface area contributed by atoms with Crippen LogP contribution in [0.2, 0.25) is 0 Å². The number of rotatable bonds is 6. The van der Waals surface area contributed by atoms with Crippen LogP contribution >= 0.6 is 0 Å². The second kappa shape index (κ2) is 10.2. The van der Waals surface area contributed by atoms with Crippen LogP contribution in [-0.4, -0.2) is 52.0 Å². The highest BCUT2D eigenvalue weighted by Gasteiger charge is 2.26. The Labute approximate surface area is 183 Å². The van der Waals surface area contributed by atoms with Crippen LogP contribution in [-0.2, 0) is 4.74 Å². The number of likely N-dealkylation sites (tertiary alicyclic amines) is 1. The fraction of sp³-hybridized carbons (Fsp3) is 0.478. The van der Waals surface area contributed by atoms with E-state index in [9.17, 15) is 4.79 Å². The summed E-state index contributed by atoms with van der Waals surface area (Å²) in [5.41, 5.74) is 3.61. The molecular weight excluding hydrogens is 396 g/mol. The van der Waals surface area contributed by atoms with E-state index in [2.05, 4.69) is 15.1 Å². The smallest absolute Gasteiger partial charge is 0.410 e. The Balaban J connectivity index is 1.59. The molecule has 31 heavy (non-hydrogen) atoms. The lowest BCUT2D eigenvalue weighted by Crippen LogP contribution is -2.42. The minimum absolute atomic E-state index is 0.0395. The Morgan fingerprint density at radius 3 is 2.39 bits per heavy atom. The summed E-state index contributed by atoms with van der Waals surface area (Å²) in [6.45, 7) is 10.6. The van der Waals surface area contributed by atoms with Gasteiger partial charge >= 0.3 is 6.09 Å². The van der Waals surface area contributed by atoms with Crippen molar-refractivity contribution in [3.05, 3.63) is 47.3 Å². The van der Waals surface area contributed by atoms with Crippen LogP contribution in [0.25, 0.3) is 0 Å². The first-order chi connectivity index (χ1) is 14.8. The molecule has 1 aromatic heterocycles. The molecule has 0 saturated carbocycles. The number of piperidine rings is 1. The third-order valence-corrected chi connectivity index (χ3v) is 5.04. The molecule has 1 aromatic carbocycles. The third kappa shape index (κ3) is 6.16. The molecule has 166 valence electrons. The highest BCUT2D eigenvalue weighted by Crippen LogP contribution is 2.26. The van der Waals surface area contributed by atoms with Gasteiger partial charge in [-0.2, -0.15) is 4.98 Å². The van der Waals surface area contributed by atoms with Crippen molar-refractivity contribution in [2.45, 2.75) is 59.7 Å². The van der Waals surface area contributed by atoms with Crippen molar-refractivity contribution >= 4 is 11.8 Å². The normalized spacial score (nSPS) is 15.2. The van der Waals surface area contributed by atoms with Gasteiger partial charge < -0.3 is 19.2 Å². The fourth-order valence-electron chi connectivity index (χ4n) is 3.18. The largest absolute Gasteiger partial charge is 0.474 e. The van der Waals surface area contributed by atoms with Gasteiger partial charge in [-0.25, -0.2) is 9.78 Å². The van der Waals surface area contributed by atoms with Gasteiger partial charge in [-0.05, 0) is 40.2 Å². The van der Waals surface area contributed by atoms with Gasteiger partial charge in [0.1, 0.15) is 12.4 Å². The monoisotopic (exact) mass is 426 g/mol. The first-order valence-electron chi connectivity index (χ1n) is 10.6. The van der Waals surface area contributed by atoms with Crippen LogP contribution in [0.15, 0.2) is 35.7 Å². The van der Waals surface area contributed by atoms with E-state index in [1.165, 1.54) is 11.9 Å². The van der Waals surface area contributed by atoms with Gasteiger partial charge in [0.05, 0.1) is 17.4 Å². The number of hydrogen-bond acceptors (Lipinski definition) is 7. The van der Waals surface area contributed by atoms with Crippen LogP contribution in [0.4, 0.5) is 4.79 Å². The van der Waals surface area contributed by atoms with E-state index in [0.717, 1.165) is 11.3 Å². The lowest BCUT2D eigenvalue weighted by atomic mass is 10.1. The first kappa shape index (κ1) is 22.5. The Bertz CT molecular complexity index is 920. The lowest BCUT2D eigenvalue weighted by Gasteiger charge is -2.31. The molecule has 0 bridgehead atoms. The molecule has 1 amide bonds. The summed E-state index contributed by atoms with van der Waals surface area (Å²) in [4.78, 5) is 27.8. The summed E-state index contributed by atoms with van der Waals surface area (Å²) in [6, 6.07) is 8.07. The third-order valence-electron chi connectivity index (χ3n) is 5.04. The Morgan fingerprint density at radius 1 is 1.10 bits per heavy atom. The van der Waals surface area contributed by atoms with Crippen molar-refractivity contribution in [3.63, 3.8) is 0 Å². The average molecular weight is 427 g/mol. The molecular formula is C23H30N4O4. The molecule has 0 radical (unpaired) electrons. The predicted octanol–water partition coefficient (Wildman–Crippen LogP) is 4.28. The van der Waals surface area contributed by atoms with Crippen LogP contribution in [0.3, 0.4) is 0 Å². The zero-order chi connectivity index (χ0) is 22.4. The molecule has 2 aromatic rings. The standard InChI is InChI=1S/C23H30N4O4/c1-15(2)29-23(28)27-12-10-20(11-13-27)30-21-17(4)22(25-14-24-21)31-26-18(5)19-8-6-16(3)7-9-19/h6-9,14-15,20H,10-13H2,1-5H3/b26-18-. The van der Waals surface area contributed by atoms with Crippen LogP contribution < -0.4 is 9.57 Å². The second-order valence-electron chi connectivity index (χ2n) is 7.98. The van der Waals surface area contributed by atoms with Crippen molar-refractivity contribution in [2.24, 2.45) is 5.16 Å². The number of hydrogen-bond donors (Lipinski definition) is 0. The van der Waals surface area contributed by atoms with E-state index < -0.39 is 0 Å². The minimum atomic E-state index is -0.274. The number of aromatic nitrogens is 2. The minimum Gasteiger partial charge on any atom is -0.474 e. The maximum Gasteiger partial charge on any atom is 0.410 e. The summed E-state index contributed by atoms with van der Waals surface area (Å²) in [5, 5.41) is 4.21. The summed E-state index contributed by atoms with van der Waals surface area (Å²) in [6.07, 6.45) is 2.38. The van der Waals surface area contributed by atoms with Gasteiger partial charge in [0.25, 0.3) is 5.88 Å². The number of benzene rings is 1. The highest BCUT2D eigenvalue weighted by atomic mass is 16.6. The van der Waals surface area contributed by atoms with Gasteiger partial charge in [0.2, 0.25) is 5.88 Å². The van der Waals surface area contributed by atoms with E-state index >= 15 is 0 Å². The lowest BCUT2D eigenvalue weighted by molar-refractivity contribution is 0.0504. The Kier molecular flexibility index (Phi) is 7.44. The topological polar surface area (TPSA) is 86.1 Å². The highest BCUT2D eigenvalue weighted by molar-refractivity contribution is 5.98. The van der Waals surface area contributed by atoms with Gasteiger partial charge in [-0.15, -0.1) is 0 Å². The molecule has 0 N–H and O–H groups in total. The SMILES string of the molecule is C/C(=N/Oc1ncnc(OC2CCN(C(=O)OC(C)C)CC2)c1C)c1ccc(C)cc1. The maximum absolute atomic E-state index is 12.0. The second-order valence-corrected chi connectivity index (χ2v) is 7.98. The Morgan fingerprint density at radius 2 is 1.74 bits per heavy atom. The zero-order valence-corrected chi connectivity index (χ0v) is 18.8. The summed E-state index contributed by atoms with van der Waals surface area (Å²) < 4.78 is 11.3. The average Bonchev–Trinajstić information content (AvgIpc) is 2.74. The van der Waals surface area contributed by atoms with Gasteiger partial charge in [-0.3, -0.25) is 0 Å². The van der Waals surface area contributed by atoms with Crippen molar-refractivity contribution in [2.75, 3.05) is 13.1 Å². The maximum atomic E-state index is 12.0. The van der Waals surface area contributed by atoms with Crippen molar-refractivity contribution < 1.29 is 19.1 Å². The number of carbonyl (C=O) groups is 1. The first-order valence-corrected chi connectivity index (χ1v) is 10.6. The summed E-state index contributed by atoms with van der Waals surface area (Å²) in [7, 11) is 0. The van der Waals surface area contributed by atoms with E-state index in [4.69, 9.17) is 14.3 Å². The summed E-state index contributed by atoms with van der Waals surface area (Å²) >= 11 is 0. The molecule has 1 saturated heterocycles. The van der Waals surface area contributed by atoms with E-state index in [0.29, 0.717) is 43.3 Å². The molecule has 0 unspecified atom stereocenters.